The van der Waals surface area contributed by atoms with Crippen molar-refractivity contribution in [2.24, 2.45) is 7.05 Å². The van der Waals surface area contributed by atoms with Gasteiger partial charge in [-0.25, -0.2) is 13.5 Å². The lowest BCUT2D eigenvalue weighted by molar-refractivity contribution is 0.0948. The van der Waals surface area contributed by atoms with E-state index in [9.17, 15) is 22.4 Å². The van der Waals surface area contributed by atoms with Gasteiger partial charge in [0.1, 0.15) is 17.2 Å². The molecule has 38 heavy (non-hydrogen) atoms. The number of hydrogen-bond acceptors (Lipinski definition) is 6. The fourth-order valence-electron chi connectivity index (χ4n) is 3.71. The van der Waals surface area contributed by atoms with Gasteiger partial charge in [0.2, 0.25) is 0 Å². The van der Waals surface area contributed by atoms with Gasteiger partial charge in [-0.05, 0) is 56.5 Å². The zero-order valence-electron chi connectivity index (χ0n) is 21.1. The first kappa shape index (κ1) is 27.1. The molecule has 0 spiro atoms. The quantitative estimate of drug-likeness (QED) is 0.324. The number of hydrogen-bond donors (Lipinski definition) is 4. The molecule has 1 aromatic heterocycles. The van der Waals surface area contributed by atoms with Crippen LogP contribution < -0.4 is 30.4 Å². The Balaban J connectivity index is 1.87. The maximum Gasteiger partial charge on any atom is 0.298 e. The minimum absolute atomic E-state index is 0.00975. The Labute approximate surface area is 218 Å². The summed E-state index contributed by atoms with van der Waals surface area (Å²) in [5, 5.41) is 5.65. The Kier molecular flexibility index (Phi) is 7.42. The third kappa shape index (κ3) is 5.63. The lowest BCUT2D eigenvalue weighted by Gasteiger charge is -2.22. The first-order valence-corrected chi connectivity index (χ1v) is 13.2. The van der Waals surface area contributed by atoms with Gasteiger partial charge in [0.15, 0.2) is 17.3 Å². The molecule has 1 saturated carbocycles. The molecule has 2 aromatic carbocycles. The van der Waals surface area contributed by atoms with Gasteiger partial charge >= 0.3 is 0 Å². The standard InChI is InChI=1S/C25H27F2N5O5S/c1-13-8-11-17(16(26)12-13)30-23-20(24(33)29-15-9-10-15)22(14(2)25(34)32(23)4)37-19-7-5-6-18(21(19)27)31-38(35,36)28-3/h5-8,11-12,15,28,30-31H,9-10H2,1-4H3,(H,29,33). The summed E-state index contributed by atoms with van der Waals surface area (Å²) >= 11 is 0. The number of nitrogens with one attached hydrogen (secondary N) is 4. The lowest BCUT2D eigenvalue weighted by atomic mass is 10.1. The van der Waals surface area contributed by atoms with E-state index in [0.717, 1.165) is 24.5 Å². The average Bonchev–Trinajstić information content (AvgIpc) is 3.68. The molecule has 0 unspecified atom stereocenters. The van der Waals surface area contributed by atoms with Crippen molar-refractivity contribution in [3.05, 3.63) is 75.1 Å². The van der Waals surface area contributed by atoms with Crippen LogP contribution in [-0.4, -0.2) is 32.0 Å². The van der Waals surface area contributed by atoms with Crippen molar-refractivity contribution in [1.29, 1.82) is 0 Å². The van der Waals surface area contributed by atoms with E-state index in [1.807, 2.05) is 9.44 Å². The number of aryl methyl sites for hydroxylation is 1. The number of halogens is 2. The number of carbonyl (C=O) groups excluding carboxylic acids is 1. The van der Waals surface area contributed by atoms with Crippen LogP contribution in [0.4, 0.5) is 26.0 Å². The summed E-state index contributed by atoms with van der Waals surface area (Å²) in [6.45, 7) is 3.13. The fourth-order valence-corrected chi connectivity index (χ4v) is 4.26. The first-order chi connectivity index (χ1) is 17.9. The van der Waals surface area contributed by atoms with Gasteiger partial charge in [-0.2, -0.15) is 8.42 Å². The van der Waals surface area contributed by atoms with Crippen molar-refractivity contribution in [3.8, 4) is 11.5 Å². The maximum atomic E-state index is 15.3. The summed E-state index contributed by atoms with van der Waals surface area (Å²) < 4.78 is 64.8. The van der Waals surface area contributed by atoms with Crippen molar-refractivity contribution in [2.45, 2.75) is 32.7 Å². The Morgan fingerprint density at radius 2 is 1.82 bits per heavy atom. The van der Waals surface area contributed by atoms with E-state index in [1.165, 1.54) is 44.3 Å². The summed E-state index contributed by atoms with van der Waals surface area (Å²) in [7, 11) is -1.48. The Morgan fingerprint density at radius 1 is 1.11 bits per heavy atom. The number of nitrogens with zero attached hydrogens (tertiary/aromatic N) is 1. The van der Waals surface area contributed by atoms with Crippen LogP contribution in [0.15, 0.2) is 41.2 Å². The van der Waals surface area contributed by atoms with Gasteiger partial charge in [-0.1, -0.05) is 12.1 Å². The molecule has 0 radical (unpaired) electrons. The molecule has 4 N–H and O–H groups in total. The number of benzene rings is 2. The summed E-state index contributed by atoms with van der Waals surface area (Å²) in [6, 6.07) is 8.09. The third-order valence-corrected chi connectivity index (χ3v) is 7.00. The normalized spacial score (nSPS) is 13.2. The van der Waals surface area contributed by atoms with Crippen LogP contribution >= 0.6 is 0 Å². The van der Waals surface area contributed by atoms with Crippen molar-refractivity contribution in [2.75, 3.05) is 17.1 Å². The van der Waals surface area contributed by atoms with Crippen LogP contribution in [0.5, 0.6) is 11.5 Å². The second-order valence-corrected chi connectivity index (χ2v) is 10.5. The summed E-state index contributed by atoms with van der Waals surface area (Å²) in [5.74, 6) is -3.05. The highest BCUT2D eigenvalue weighted by Crippen LogP contribution is 2.37. The minimum Gasteiger partial charge on any atom is -0.453 e. The minimum atomic E-state index is -4.04. The van der Waals surface area contributed by atoms with E-state index in [0.29, 0.717) is 5.56 Å². The Hall–Kier alpha value is -3.97. The molecule has 3 aromatic rings. The number of amides is 1. The summed E-state index contributed by atoms with van der Waals surface area (Å²) in [4.78, 5) is 26.6. The number of carbonyl (C=O) groups is 1. The second-order valence-electron chi connectivity index (χ2n) is 8.93. The average molecular weight is 548 g/mol. The molecular weight excluding hydrogens is 520 g/mol. The maximum absolute atomic E-state index is 15.3. The molecule has 0 bridgehead atoms. The fraction of sp³-hybridized carbons (Fsp3) is 0.280. The van der Waals surface area contributed by atoms with Gasteiger partial charge in [-0.3, -0.25) is 18.9 Å². The van der Waals surface area contributed by atoms with Gasteiger partial charge in [0.25, 0.3) is 21.7 Å². The number of aromatic nitrogens is 1. The van der Waals surface area contributed by atoms with Crippen LogP contribution in [0.2, 0.25) is 0 Å². The third-order valence-electron chi connectivity index (χ3n) is 5.97. The molecule has 4 rings (SSSR count). The second kappa shape index (κ2) is 10.4. The highest BCUT2D eigenvalue weighted by atomic mass is 32.2. The monoisotopic (exact) mass is 547 g/mol. The predicted molar refractivity (Wildman–Crippen MR) is 139 cm³/mol. The van der Waals surface area contributed by atoms with Crippen molar-refractivity contribution < 1.29 is 26.7 Å². The molecule has 1 aliphatic rings. The van der Waals surface area contributed by atoms with Gasteiger partial charge in [-0.15, -0.1) is 0 Å². The van der Waals surface area contributed by atoms with E-state index in [-0.39, 0.29) is 34.4 Å². The highest BCUT2D eigenvalue weighted by molar-refractivity contribution is 7.90. The molecule has 0 aliphatic heterocycles. The molecule has 202 valence electrons. The molecule has 1 amide bonds. The van der Waals surface area contributed by atoms with E-state index in [4.69, 9.17) is 4.74 Å². The zero-order chi connectivity index (χ0) is 27.8. The van der Waals surface area contributed by atoms with Gasteiger partial charge in [0, 0.05) is 20.1 Å². The zero-order valence-corrected chi connectivity index (χ0v) is 21.9. The molecule has 1 heterocycles. The number of pyridine rings is 1. The molecular formula is C25H27F2N5O5S. The van der Waals surface area contributed by atoms with Crippen molar-refractivity contribution in [3.63, 3.8) is 0 Å². The highest BCUT2D eigenvalue weighted by Gasteiger charge is 2.31. The smallest absolute Gasteiger partial charge is 0.298 e. The van der Waals surface area contributed by atoms with Crippen LogP contribution in [-0.2, 0) is 17.3 Å². The Morgan fingerprint density at radius 3 is 2.45 bits per heavy atom. The predicted octanol–water partition coefficient (Wildman–Crippen LogP) is 3.58. The molecule has 1 fully saturated rings. The molecule has 13 heteroatoms. The summed E-state index contributed by atoms with van der Waals surface area (Å²) in [6.07, 6.45) is 1.54. The first-order valence-electron chi connectivity index (χ1n) is 11.7. The molecule has 0 saturated heterocycles. The van der Waals surface area contributed by atoms with Gasteiger partial charge in [0.05, 0.1) is 16.9 Å². The van der Waals surface area contributed by atoms with E-state index >= 15 is 4.39 Å². The number of anilines is 3. The lowest BCUT2D eigenvalue weighted by Crippen LogP contribution is -2.32. The Bertz CT molecular complexity index is 1590. The van der Waals surface area contributed by atoms with Crippen LogP contribution in [0.1, 0.15) is 34.3 Å². The topological polar surface area (TPSA) is 131 Å². The van der Waals surface area contributed by atoms with Crippen LogP contribution in [0, 0.1) is 25.5 Å². The summed E-state index contributed by atoms with van der Waals surface area (Å²) in [5.41, 5.74) is -0.463. The number of rotatable bonds is 9. The van der Waals surface area contributed by atoms with Crippen LogP contribution in [0.25, 0.3) is 0 Å². The van der Waals surface area contributed by atoms with Gasteiger partial charge < -0.3 is 15.4 Å². The van der Waals surface area contributed by atoms with Crippen molar-refractivity contribution in [1.82, 2.24) is 14.6 Å². The largest absolute Gasteiger partial charge is 0.453 e. The molecule has 10 nitrogen and oxygen atoms in total. The van der Waals surface area contributed by atoms with Crippen molar-refractivity contribution >= 4 is 33.3 Å². The van der Waals surface area contributed by atoms with E-state index in [1.54, 1.807) is 13.0 Å². The number of ether oxygens (including phenoxy) is 1. The van der Waals surface area contributed by atoms with E-state index < -0.39 is 44.7 Å². The SMILES string of the molecule is CNS(=O)(=O)Nc1cccc(Oc2c(C(=O)NC3CC3)c(Nc3ccc(C)cc3F)n(C)c(=O)c2C)c1F. The van der Waals surface area contributed by atoms with E-state index in [2.05, 4.69) is 10.6 Å². The van der Waals surface area contributed by atoms with Crippen LogP contribution in [0.3, 0.4) is 0 Å². The molecule has 0 atom stereocenters. The molecule has 1 aliphatic carbocycles.